The topological polar surface area (TPSA) is 26.3 Å². The van der Waals surface area contributed by atoms with Crippen molar-refractivity contribution in [3.8, 4) is 0 Å². The van der Waals surface area contributed by atoms with Gasteiger partial charge in [-0.2, -0.15) is 0 Å². The summed E-state index contributed by atoms with van der Waals surface area (Å²) in [5.74, 6) is 0.247. The number of carbonyl (C=O) groups is 1. The Labute approximate surface area is 105 Å². The van der Waals surface area contributed by atoms with Crippen LogP contribution in [0.25, 0.3) is 0 Å². The lowest BCUT2D eigenvalue weighted by molar-refractivity contribution is -0.118. The summed E-state index contributed by atoms with van der Waals surface area (Å²) in [6.07, 6.45) is 1.32. The minimum absolute atomic E-state index is 0.0738. The second-order valence-corrected chi connectivity index (χ2v) is 4.85. The first-order valence-electron chi connectivity index (χ1n) is 5.41. The van der Waals surface area contributed by atoms with Gasteiger partial charge < -0.3 is 4.74 Å². The van der Waals surface area contributed by atoms with E-state index in [0.29, 0.717) is 13.0 Å². The van der Waals surface area contributed by atoms with Crippen LogP contribution in [0.3, 0.4) is 0 Å². The van der Waals surface area contributed by atoms with E-state index in [4.69, 9.17) is 4.74 Å². The summed E-state index contributed by atoms with van der Waals surface area (Å²) in [5.41, 5.74) is 2.31. The molecule has 0 aliphatic rings. The predicted octanol–water partition coefficient (Wildman–Crippen LogP) is 3.12. The fourth-order valence-electron chi connectivity index (χ4n) is 1.56. The van der Waals surface area contributed by atoms with Gasteiger partial charge in [0.25, 0.3) is 0 Å². The molecule has 1 rings (SSSR count). The molecular weight excluding hydrogens is 268 g/mol. The number of hydrogen-bond donors (Lipinski definition) is 0. The van der Waals surface area contributed by atoms with E-state index in [1.54, 1.807) is 7.11 Å². The van der Waals surface area contributed by atoms with Crippen LogP contribution in [0.4, 0.5) is 0 Å². The van der Waals surface area contributed by atoms with Crippen LogP contribution >= 0.6 is 15.9 Å². The van der Waals surface area contributed by atoms with Gasteiger partial charge in [-0.1, -0.05) is 47.1 Å². The van der Waals surface area contributed by atoms with E-state index in [0.717, 1.165) is 12.0 Å². The van der Waals surface area contributed by atoms with E-state index in [1.807, 2.05) is 25.1 Å². The second kappa shape index (κ2) is 6.81. The van der Waals surface area contributed by atoms with Crippen molar-refractivity contribution < 1.29 is 9.53 Å². The molecule has 2 nitrogen and oxygen atoms in total. The molecule has 0 saturated heterocycles. The monoisotopic (exact) mass is 284 g/mol. The van der Waals surface area contributed by atoms with Gasteiger partial charge in [0.15, 0.2) is 0 Å². The molecule has 0 radical (unpaired) electrons. The molecule has 88 valence electrons. The summed E-state index contributed by atoms with van der Waals surface area (Å²) in [4.78, 5) is 11.4. The largest absolute Gasteiger partial charge is 0.380 e. The third kappa shape index (κ3) is 4.06. The van der Waals surface area contributed by atoms with Crippen LogP contribution in [-0.4, -0.2) is 17.7 Å². The molecule has 0 aliphatic heterocycles. The molecule has 16 heavy (non-hydrogen) atoms. The minimum atomic E-state index is -0.0738. The van der Waals surface area contributed by atoms with Crippen molar-refractivity contribution in [2.24, 2.45) is 0 Å². The highest BCUT2D eigenvalue weighted by Crippen LogP contribution is 2.14. The van der Waals surface area contributed by atoms with Gasteiger partial charge in [0.05, 0.1) is 11.4 Å². The van der Waals surface area contributed by atoms with Crippen LogP contribution in [0, 0.1) is 0 Å². The zero-order valence-corrected chi connectivity index (χ0v) is 11.3. The predicted molar refractivity (Wildman–Crippen MR) is 68.9 cm³/mol. The number of alkyl halides is 1. The molecule has 1 unspecified atom stereocenters. The SMILES string of the molecule is CCC(=O)C(Br)Cc1cccc(COC)c1. The summed E-state index contributed by atoms with van der Waals surface area (Å²) < 4.78 is 5.08. The van der Waals surface area contributed by atoms with E-state index >= 15 is 0 Å². The molecule has 0 heterocycles. The van der Waals surface area contributed by atoms with E-state index < -0.39 is 0 Å². The number of Topliss-reactive ketones (excluding diaryl/α,β-unsaturated/α-hetero) is 1. The van der Waals surface area contributed by atoms with Gasteiger partial charge in [0.2, 0.25) is 0 Å². The smallest absolute Gasteiger partial charge is 0.146 e. The summed E-state index contributed by atoms with van der Waals surface area (Å²) in [6.45, 7) is 2.50. The van der Waals surface area contributed by atoms with E-state index in [-0.39, 0.29) is 10.6 Å². The fraction of sp³-hybridized carbons (Fsp3) is 0.462. The lowest BCUT2D eigenvalue weighted by atomic mass is 10.0. The summed E-state index contributed by atoms with van der Waals surface area (Å²) in [6, 6.07) is 8.15. The maximum Gasteiger partial charge on any atom is 0.146 e. The van der Waals surface area contributed by atoms with Gasteiger partial charge in [0, 0.05) is 13.5 Å². The van der Waals surface area contributed by atoms with Crippen LogP contribution < -0.4 is 0 Å². The van der Waals surface area contributed by atoms with Gasteiger partial charge in [-0.25, -0.2) is 0 Å². The Morgan fingerprint density at radius 2 is 2.12 bits per heavy atom. The van der Waals surface area contributed by atoms with Crippen molar-refractivity contribution in [3.05, 3.63) is 35.4 Å². The van der Waals surface area contributed by atoms with Crippen molar-refractivity contribution in [1.29, 1.82) is 0 Å². The zero-order valence-electron chi connectivity index (χ0n) is 9.70. The van der Waals surface area contributed by atoms with Crippen molar-refractivity contribution >= 4 is 21.7 Å². The normalized spacial score (nSPS) is 12.4. The van der Waals surface area contributed by atoms with Crippen LogP contribution in [0.2, 0.25) is 0 Å². The van der Waals surface area contributed by atoms with Crippen molar-refractivity contribution in [2.75, 3.05) is 7.11 Å². The van der Waals surface area contributed by atoms with Crippen molar-refractivity contribution in [1.82, 2.24) is 0 Å². The van der Waals surface area contributed by atoms with Gasteiger partial charge in [-0.3, -0.25) is 4.79 Å². The molecule has 0 N–H and O–H groups in total. The average Bonchev–Trinajstić information content (AvgIpc) is 2.29. The number of hydrogen-bond acceptors (Lipinski definition) is 2. The second-order valence-electron chi connectivity index (χ2n) is 3.74. The number of rotatable bonds is 6. The molecule has 0 fully saturated rings. The Kier molecular flexibility index (Phi) is 5.71. The van der Waals surface area contributed by atoms with Crippen LogP contribution in [0.1, 0.15) is 24.5 Å². The minimum Gasteiger partial charge on any atom is -0.380 e. The maximum atomic E-state index is 11.5. The van der Waals surface area contributed by atoms with E-state index in [1.165, 1.54) is 5.56 Å². The van der Waals surface area contributed by atoms with Crippen molar-refractivity contribution in [2.45, 2.75) is 31.2 Å². The van der Waals surface area contributed by atoms with Gasteiger partial charge in [-0.05, 0) is 17.5 Å². The average molecular weight is 285 g/mol. The highest BCUT2D eigenvalue weighted by Gasteiger charge is 2.13. The summed E-state index contributed by atoms with van der Waals surface area (Å²) >= 11 is 3.42. The first-order chi connectivity index (χ1) is 7.67. The van der Waals surface area contributed by atoms with E-state index in [2.05, 4.69) is 22.0 Å². The molecule has 0 aliphatic carbocycles. The first kappa shape index (κ1) is 13.4. The molecule has 1 aromatic carbocycles. The number of methoxy groups -OCH3 is 1. The fourth-order valence-corrected chi connectivity index (χ4v) is 2.25. The number of halogens is 1. The lowest BCUT2D eigenvalue weighted by Crippen LogP contribution is -2.15. The Hall–Kier alpha value is -0.670. The van der Waals surface area contributed by atoms with Crippen LogP contribution in [-0.2, 0) is 22.6 Å². The molecule has 3 heteroatoms. The Bertz CT molecular complexity index is 350. The number of ketones is 1. The highest BCUT2D eigenvalue weighted by molar-refractivity contribution is 9.10. The molecule has 0 aromatic heterocycles. The Morgan fingerprint density at radius 3 is 2.75 bits per heavy atom. The molecule has 1 atom stereocenters. The molecule has 1 aromatic rings. The molecule has 0 bridgehead atoms. The van der Waals surface area contributed by atoms with Crippen molar-refractivity contribution in [3.63, 3.8) is 0 Å². The first-order valence-corrected chi connectivity index (χ1v) is 6.32. The summed E-state index contributed by atoms with van der Waals surface area (Å²) in [7, 11) is 1.68. The van der Waals surface area contributed by atoms with Gasteiger partial charge in [-0.15, -0.1) is 0 Å². The number of carbonyl (C=O) groups excluding carboxylic acids is 1. The van der Waals surface area contributed by atoms with Crippen LogP contribution in [0.15, 0.2) is 24.3 Å². The standard InChI is InChI=1S/C13H17BrO2/c1-3-13(15)12(14)8-10-5-4-6-11(7-10)9-16-2/h4-7,12H,3,8-9H2,1-2H3. The van der Waals surface area contributed by atoms with E-state index in [9.17, 15) is 4.79 Å². The molecular formula is C13H17BrO2. The third-order valence-electron chi connectivity index (χ3n) is 2.42. The number of benzene rings is 1. The zero-order chi connectivity index (χ0) is 12.0. The molecule has 0 saturated carbocycles. The Morgan fingerprint density at radius 1 is 1.44 bits per heavy atom. The quantitative estimate of drug-likeness (QED) is 0.751. The van der Waals surface area contributed by atoms with Gasteiger partial charge >= 0.3 is 0 Å². The maximum absolute atomic E-state index is 11.5. The van der Waals surface area contributed by atoms with Gasteiger partial charge in [0.1, 0.15) is 5.78 Å². The third-order valence-corrected chi connectivity index (χ3v) is 3.25. The highest BCUT2D eigenvalue weighted by atomic mass is 79.9. The summed E-state index contributed by atoms with van der Waals surface area (Å²) in [5, 5.41) is 0. The number of ether oxygens (including phenoxy) is 1. The molecule has 0 spiro atoms. The lowest BCUT2D eigenvalue weighted by Gasteiger charge is -2.08. The molecule has 0 amide bonds. The Balaban J connectivity index is 2.66. The van der Waals surface area contributed by atoms with Crippen LogP contribution in [0.5, 0.6) is 0 Å².